The molecule has 0 aromatic heterocycles. The van der Waals surface area contributed by atoms with Crippen LogP contribution in [0.3, 0.4) is 0 Å². The third-order valence-electron chi connectivity index (χ3n) is 2.10. The summed E-state index contributed by atoms with van der Waals surface area (Å²) in [6.07, 6.45) is 0. The van der Waals surface area contributed by atoms with Crippen molar-refractivity contribution >= 4 is 29.0 Å². The Labute approximate surface area is 107 Å². The van der Waals surface area contributed by atoms with Gasteiger partial charge in [-0.3, -0.25) is 4.79 Å². The first-order chi connectivity index (χ1) is 7.77. The molecule has 1 aromatic rings. The molecule has 2 nitrogen and oxygen atoms in total. The minimum absolute atomic E-state index is 0.105. The zero-order valence-electron chi connectivity index (χ0n) is 8.68. The zero-order chi connectivity index (χ0) is 13.2. The molecule has 0 radical (unpaired) electrons. The largest absolute Gasteiger partial charge is 0.304 e. The van der Waals surface area contributed by atoms with Crippen molar-refractivity contribution in [3.8, 4) is 6.07 Å². The van der Waals surface area contributed by atoms with E-state index < -0.39 is 17.6 Å². The molecule has 17 heavy (non-hydrogen) atoms. The second kappa shape index (κ2) is 4.99. The van der Waals surface area contributed by atoms with Crippen LogP contribution in [0.4, 0.5) is 8.78 Å². The van der Waals surface area contributed by atoms with Gasteiger partial charge in [0.15, 0.2) is 0 Å². The van der Waals surface area contributed by atoms with Gasteiger partial charge in [-0.15, -0.1) is 0 Å². The second-order valence-corrected chi connectivity index (χ2v) is 4.30. The minimum atomic E-state index is -3.56. The van der Waals surface area contributed by atoms with Gasteiger partial charge >= 0.3 is 5.92 Å². The number of carbonyl (C=O) groups excluding carboxylic acids is 1. The van der Waals surface area contributed by atoms with Gasteiger partial charge in [-0.2, -0.15) is 14.0 Å². The van der Waals surface area contributed by atoms with E-state index in [0.29, 0.717) is 6.92 Å². The van der Waals surface area contributed by atoms with Crippen LogP contribution in [0, 0.1) is 11.3 Å². The number of ketones is 1. The minimum Gasteiger partial charge on any atom is -0.291 e. The highest BCUT2D eigenvalue weighted by Gasteiger charge is 2.39. The van der Waals surface area contributed by atoms with E-state index in [4.69, 9.17) is 28.5 Å². The predicted octanol–water partition coefficient (Wildman–Crippen LogP) is 3.82. The summed E-state index contributed by atoms with van der Waals surface area (Å²) in [7, 11) is 0. The molecule has 0 spiro atoms. The van der Waals surface area contributed by atoms with Crippen LogP contribution >= 0.6 is 23.2 Å². The molecule has 0 bridgehead atoms. The van der Waals surface area contributed by atoms with Gasteiger partial charge < -0.3 is 0 Å². The van der Waals surface area contributed by atoms with Gasteiger partial charge in [0.05, 0.1) is 16.1 Å². The second-order valence-electron chi connectivity index (χ2n) is 3.49. The van der Waals surface area contributed by atoms with Crippen molar-refractivity contribution in [2.75, 3.05) is 0 Å². The van der Waals surface area contributed by atoms with Gasteiger partial charge in [-0.1, -0.05) is 29.3 Å². The van der Waals surface area contributed by atoms with Crippen LogP contribution in [-0.2, 0) is 4.79 Å². The fourth-order valence-electron chi connectivity index (χ4n) is 1.23. The number of benzene rings is 1. The number of halogens is 4. The monoisotopic (exact) mass is 277 g/mol. The Kier molecular flexibility index (Phi) is 4.07. The molecule has 90 valence electrons. The summed E-state index contributed by atoms with van der Waals surface area (Å²) in [6.45, 7) is 0.456. The molecule has 0 N–H and O–H groups in total. The number of nitriles is 1. The Bertz CT molecular complexity index is 491. The summed E-state index contributed by atoms with van der Waals surface area (Å²) in [4.78, 5) is 11.3. The van der Waals surface area contributed by atoms with E-state index in [0.717, 1.165) is 0 Å². The lowest BCUT2D eigenvalue weighted by Crippen LogP contribution is -2.29. The number of hydrogen-bond donors (Lipinski definition) is 0. The lowest BCUT2D eigenvalue weighted by atomic mass is 9.93. The Hall–Kier alpha value is -1.18. The molecule has 0 amide bonds. The smallest absolute Gasteiger partial charge is 0.291 e. The maximum Gasteiger partial charge on any atom is 0.304 e. The number of alkyl halides is 2. The fourth-order valence-corrected chi connectivity index (χ4v) is 1.54. The number of hydrogen-bond acceptors (Lipinski definition) is 2. The molecule has 1 aromatic carbocycles. The van der Waals surface area contributed by atoms with E-state index >= 15 is 0 Å². The van der Waals surface area contributed by atoms with Crippen LogP contribution in [0.25, 0.3) is 0 Å². The SMILES string of the molecule is CC(F)(F)C(=O)C(C#N)c1ccc(Cl)c(Cl)c1. The number of Topliss-reactive ketones (excluding diaryl/α,β-unsaturated/α-hetero) is 1. The molecule has 0 saturated heterocycles. The predicted molar refractivity (Wildman–Crippen MR) is 60.4 cm³/mol. The van der Waals surface area contributed by atoms with Crippen LogP contribution < -0.4 is 0 Å². The van der Waals surface area contributed by atoms with Crippen molar-refractivity contribution < 1.29 is 13.6 Å². The van der Waals surface area contributed by atoms with Crippen LogP contribution in [0.1, 0.15) is 18.4 Å². The summed E-state index contributed by atoms with van der Waals surface area (Å²) < 4.78 is 25.7. The van der Waals surface area contributed by atoms with E-state index in [2.05, 4.69) is 0 Å². The highest BCUT2D eigenvalue weighted by Crippen LogP contribution is 2.30. The average Bonchev–Trinajstić information content (AvgIpc) is 2.23. The van der Waals surface area contributed by atoms with Crippen molar-refractivity contribution in [2.24, 2.45) is 0 Å². The highest BCUT2D eigenvalue weighted by molar-refractivity contribution is 6.42. The van der Waals surface area contributed by atoms with Gasteiger partial charge in [0, 0.05) is 6.92 Å². The summed E-state index contributed by atoms with van der Waals surface area (Å²) in [5.74, 6) is -6.57. The quantitative estimate of drug-likeness (QED) is 0.843. The van der Waals surface area contributed by atoms with Crippen molar-refractivity contribution in [1.29, 1.82) is 5.26 Å². The van der Waals surface area contributed by atoms with Crippen molar-refractivity contribution in [3.63, 3.8) is 0 Å². The summed E-state index contributed by atoms with van der Waals surface area (Å²) in [5, 5.41) is 9.13. The van der Waals surface area contributed by atoms with Crippen LogP contribution in [-0.4, -0.2) is 11.7 Å². The fraction of sp³-hybridized carbons (Fsp3) is 0.273. The number of nitrogens with zero attached hydrogens (tertiary/aromatic N) is 1. The molecular weight excluding hydrogens is 271 g/mol. The maximum atomic E-state index is 12.9. The highest BCUT2D eigenvalue weighted by atomic mass is 35.5. The third kappa shape index (κ3) is 3.15. The Balaban J connectivity index is 3.16. The molecule has 0 heterocycles. The summed E-state index contributed by atoms with van der Waals surface area (Å²) >= 11 is 11.3. The first kappa shape index (κ1) is 13.9. The molecule has 0 saturated carbocycles. The molecule has 1 unspecified atom stereocenters. The lowest BCUT2D eigenvalue weighted by Gasteiger charge is -2.14. The first-order valence-corrected chi connectivity index (χ1v) is 5.29. The standard InChI is InChI=1S/C11H7Cl2F2NO/c1-11(14,15)10(17)7(5-16)6-2-3-8(12)9(13)4-6/h2-4,7H,1H3. The normalized spacial score (nSPS) is 12.9. The van der Waals surface area contributed by atoms with E-state index in [1.807, 2.05) is 0 Å². The van der Waals surface area contributed by atoms with Crippen LogP contribution in [0.5, 0.6) is 0 Å². The molecule has 0 fully saturated rings. The molecule has 1 atom stereocenters. The van der Waals surface area contributed by atoms with E-state index in [9.17, 15) is 13.6 Å². The molecule has 0 aliphatic rings. The average molecular weight is 278 g/mol. The maximum absolute atomic E-state index is 12.9. The number of rotatable bonds is 3. The molecule has 1 rings (SSSR count). The lowest BCUT2D eigenvalue weighted by molar-refractivity contribution is -0.140. The third-order valence-corrected chi connectivity index (χ3v) is 2.84. The Morgan fingerprint density at radius 1 is 1.41 bits per heavy atom. The van der Waals surface area contributed by atoms with Crippen molar-refractivity contribution in [3.05, 3.63) is 33.8 Å². The Morgan fingerprint density at radius 3 is 2.41 bits per heavy atom. The molecule has 0 aliphatic carbocycles. The van der Waals surface area contributed by atoms with E-state index in [1.54, 1.807) is 6.07 Å². The van der Waals surface area contributed by atoms with Crippen molar-refractivity contribution in [1.82, 2.24) is 0 Å². The van der Waals surface area contributed by atoms with E-state index in [1.165, 1.54) is 18.2 Å². The molecular formula is C11H7Cl2F2NO. The van der Waals surface area contributed by atoms with Crippen LogP contribution in [0.15, 0.2) is 18.2 Å². The topological polar surface area (TPSA) is 40.9 Å². The summed E-state index contributed by atoms with van der Waals surface area (Å²) in [5.41, 5.74) is 0.105. The van der Waals surface area contributed by atoms with Gasteiger partial charge in [0.2, 0.25) is 5.78 Å². The Morgan fingerprint density at radius 2 is 2.00 bits per heavy atom. The van der Waals surface area contributed by atoms with Gasteiger partial charge in [-0.05, 0) is 17.7 Å². The van der Waals surface area contributed by atoms with E-state index in [-0.39, 0.29) is 15.6 Å². The first-order valence-electron chi connectivity index (χ1n) is 4.54. The number of carbonyl (C=O) groups is 1. The zero-order valence-corrected chi connectivity index (χ0v) is 10.2. The molecule has 6 heteroatoms. The van der Waals surface area contributed by atoms with Gasteiger partial charge in [0.1, 0.15) is 5.92 Å². The molecule has 0 aliphatic heterocycles. The van der Waals surface area contributed by atoms with Gasteiger partial charge in [-0.25, -0.2) is 0 Å². The van der Waals surface area contributed by atoms with Crippen molar-refractivity contribution in [2.45, 2.75) is 18.8 Å². The van der Waals surface area contributed by atoms with Gasteiger partial charge in [0.25, 0.3) is 0 Å². The summed E-state index contributed by atoms with van der Waals surface area (Å²) in [6, 6.07) is 5.45. The van der Waals surface area contributed by atoms with Crippen LogP contribution in [0.2, 0.25) is 10.0 Å².